The number of aryl methyl sites for hydroxylation is 1. The Balaban J connectivity index is 2.04. The van der Waals surface area contributed by atoms with Crippen molar-refractivity contribution >= 4 is 50.7 Å². The molecule has 3 rings (SSSR count). The number of amides is 2. The molecule has 10 heteroatoms. The number of rotatable bonds is 9. The molecule has 0 bridgehead atoms. The molecule has 0 radical (unpaired) electrons. The summed E-state index contributed by atoms with van der Waals surface area (Å²) in [4.78, 5) is 27.5. The molecule has 0 fully saturated rings. The second-order valence-electron chi connectivity index (χ2n) is 8.22. The minimum atomic E-state index is -4.16. The molecular weight excluding hydrogens is 521 g/mol. The van der Waals surface area contributed by atoms with Gasteiger partial charge in [0.2, 0.25) is 11.8 Å². The van der Waals surface area contributed by atoms with E-state index < -0.39 is 28.5 Å². The Morgan fingerprint density at radius 1 is 0.944 bits per heavy atom. The predicted octanol–water partition coefficient (Wildman–Crippen LogP) is 4.66. The third-order valence-electron chi connectivity index (χ3n) is 5.69. The van der Waals surface area contributed by atoms with Crippen LogP contribution in [0.25, 0.3) is 0 Å². The third-order valence-corrected chi connectivity index (χ3v) is 8.22. The van der Waals surface area contributed by atoms with Crippen molar-refractivity contribution in [2.24, 2.45) is 0 Å². The van der Waals surface area contributed by atoms with E-state index in [2.05, 4.69) is 5.32 Å². The fraction of sp³-hybridized carbons (Fsp3) is 0.231. The Bertz CT molecular complexity index is 1330. The summed E-state index contributed by atoms with van der Waals surface area (Å²) in [6, 6.07) is 18.8. The number of sulfonamides is 1. The fourth-order valence-electron chi connectivity index (χ4n) is 3.57. The van der Waals surface area contributed by atoms with Crippen LogP contribution in [0.4, 0.5) is 5.69 Å². The summed E-state index contributed by atoms with van der Waals surface area (Å²) in [5, 5.41) is 2.94. The lowest BCUT2D eigenvalue weighted by Crippen LogP contribution is -2.50. The zero-order valence-electron chi connectivity index (χ0n) is 20.1. The Kier molecular flexibility index (Phi) is 9.00. The number of hydrogen-bond acceptors (Lipinski definition) is 4. The molecule has 0 aliphatic rings. The molecule has 0 heterocycles. The molecule has 3 aromatic carbocycles. The van der Waals surface area contributed by atoms with Gasteiger partial charge in [-0.05, 0) is 49.7 Å². The van der Waals surface area contributed by atoms with Crippen LogP contribution in [0.5, 0.6) is 0 Å². The van der Waals surface area contributed by atoms with Crippen molar-refractivity contribution in [3.8, 4) is 0 Å². The van der Waals surface area contributed by atoms with Crippen LogP contribution in [-0.2, 0) is 26.2 Å². The number of halogens is 2. The smallest absolute Gasteiger partial charge is 0.264 e. The second-order valence-corrected chi connectivity index (χ2v) is 10.9. The number of nitrogens with zero attached hydrogens (tertiary/aromatic N) is 2. The van der Waals surface area contributed by atoms with Gasteiger partial charge in [0.25, 0.3) is 10.0 Å². The van der Waals surface area contributed by atoms with E-state index in [0.29, 0.717) is 0 Å². The van der Waals surface area contributed by atoms with Crippen molar-refractivity contribution in [2.45, 2.75) is 31.3 Å². The van der Waals surface area contributed by atoms with Gasteiger partial charge >= 0.3 is 0 Å². The minimum absolute atomic E-state index is 0.00769. The van der Waals surface area contributed by atoms with Crippen LogP contribution in [0.2, 0.25) is 10.0 Å². The molecule has 1 atom stereocenters. The Hall–Kier alpha value is -3.07. The average Bonchev–Trinajstić information content (AvgIpc) is 2.88. The van der Waals surface area contributed by atoms with E-state index in [1.807, 2.05) is 31.2 Å². The maximum absolute atomic E-state index is 13.7. The van der Waals surface area contributed by atoms with E-state index in [1.165, 1.54) is 42.3 Å². The number of carbonyl (C=O) groups is 2. The molecule has 190 valence electrons. The number of anilines is 1. The van der Waals surface area contributed by atoms with Gasteiger partial charge in [0.15, 0.2) is 0 Å². The SMILES string of the molecule is CNC(=O)[C@@H](C)N(Cc1ccc(C)cc1)C(=O)CN(c1ccc(Cl)c(Cl)c1)S(=O)(=O)c1ccccc1. The second kappa shape index (κ2) is 11.8. The summed E-state index contributed by atoms with van der Waals surface area (Å²) in [6.45, 7) is 3.11. The Labute approximate surface area is 221 Å². The number of likely N-dealkylation sites (N-methyl/N-ethyl adjacent to an activating group) is 1. The van der Waals surface area contributed by atoms with Gasteiger partial charge in [-0.1, -0.05) is 71.2 Å². The van der Waals surface area contributed by atoms with Gasteiger partial charge < -0.3 is 10.2 Å². The molecule has 2 amide bonds. The first-order chi connectivity index (χ1) is 17.0. The van der Waals surface area contributed by atoms with Crippen LogP contribution in [0, 0.1) is 6.92 Å². The highest BCUT2D eigenvalue weighted by atomic mass is 35.5. The van der Waals surface area contributed by atoms with E-state index in [-0.39, 0.29) is 33.1 Å². The van der Waals surface area contributed by atoms with Crippen LogP contribution < -0.4 is 9.62 Å². The molecule has 0 aromatic heterocycles. The monoisotopic (exact) mass is 547 g/mol. The van der Waals surface area contributed by atoms with Crippen LogP contribution in [0.3, 0.4) is 0 Å². The minimum Gasteiger partial charge on any atom is -0.357 e. The van der Waals surface area contributed by atoms with Gasteiger partial charge in [0.1, 0.15) is 12.6 Å². The van der Waals surface area contributed by atoms with E-state index >= 15 is 0 Å². The van der Waals surface area contributed by atoms with E-state index in [9.17, 15) is 18.0 Å². The van der Waals surface area contributed by atoms with Crippen molar-refractivity contribution in [2.75, 3.05) is 17.9 Å². The van der Waals surface area contributed by atoms with Crippen molar-refractivity contribution < 1.29 is 18.0 Å². The molecule has 1 N–H and O–H groups in total. The van der Waals surface area contributed by atoms with Gasteiger partial charge in [-0.2, -0.15) is 0 Å². The highest BCUT2D eigenvalue weighted by Gasteiger charge is 2.32. The van der Waals surface area contributed by atoms with Crippen LogP contribution in [-0.4, -0.2) is 44.8 Å². The van der Waals surface area contributed by atoms with Crippen molar-refractivity contribution in [1.82, 2.24) is 10.2 Å². The number of nitrogens with one attached hydrogen (secondary N) is 1. The van der Waals surface area contributed by atoms with Crippen molar-refractivity contribution in [3.63, 3.8) is 0 Å². The molecule has 0 saturated heterocycles. The van der Waals surface area contributed by atoms with Gasteiger partial charge in [-0.3, -0.25) is 13.9 Å². The molecular formula is C26H27Cl2N3O4S. The highest BCUT2D eigenvalue weighted by Crippen LogP contribution is 2.30. The number of benzene rings is 3. The van der Waals surface area contributed by atoms with Gasteiger partial charge in [0, 0.05) is 13.6 Å². The first-order valence-corrected chi connectivity index (χ1v) is 13.3. The number of carbonyl (C=O) groups excluding carboxylic acids is 2. The van der Waals surface area contributed by atoms with E-state index in [4.69, 9.17) is 23.2 Å². The summed E-state index contributed by atoms with van der Waals surface area (Å²) in [5.41, 5.74) is 2.02. The molecule has 0 spiro atoms. The topological polar surface area (TPSA) is 86.8 Å². The lowest BCUT2D eigenvalue weighted by molar-refractivity contribution is -0.139. The van der Waals surface area contributed by atoms with Crippen LogP contribution >= 0.6 is 23.2 Å². The summed E-state index contributed by atoms with van der Waals surface area (Å²) in [7, 11) is -2.68. The Morgan fingerprint density at radius 2 is 1.58 bits per heavy atom. The summed E-state index contributed by atoms with van der Waals surface area (Å²) in [6.07, 6.45) is 0. The molecule has 0 aliphatic heterocycles. The molecule has 0 saturated carbocycles. The molecule has 0 unspecified atom stereocenters. The van der Waals surface area contributed by atoms with Crippen LogP contribution in [0.1, 0.15) is 18.1 Å². The molecule has 0 aliphatic carbocycles. The quantitative estimate of drug-likeness (QED) is 0.422. The lowest BCUT2D eigenvalue weighted by Gasteiger charge is -2.32. The highest BCUT2D eigenvalue weighted by molar-refractivity contribution is 7.92. The van der Waals surface area contributed by atoms with E-state index in [1.54, 1.807) is 25.1 Å². The van der Waals surface area contributed by atoms with E-state index in [0.717, 1.165) is 15.4 Å². The van der Waals surface area contributed by atoms with Gasteiger partial charge in [0.05, 0.1) is 20.6 Å². The third kappa shape index (κ3) is 6.37. The lowest BCUT2D eigenvalue weighted by atomic mass is 10.1. The first-order valence-electron chi connectivity index (χ1n) is 11.1. The zero-order valence-corrected chi connectivity index (χ0v) is 22.4. The first kappa shape index (κ1) is 27.5. The van der Waals surface area contributed by atoms with Crippen molar-refractivity contribution in [1.29, 1.82) is 0 Å². The fourth-order valence-corrected chi connectivity index (χ4v) is 5.29. The average molecular weight is 548 g/mol. The van der Waals surface area contributed by atoms with Crippen LogP contribution in [0.15, 0.2) is 77.7 Å². The van der Waals surface area contributed by atoms with Gasteiger partial charge in [-0.25, -0.2) is 8.42 Å². The summed E-state index contributed by atoms with van der Waals surface area (Å²) in [5.74, 6) is -0.931. The summed E-state index contributed by atoms with van der Waals surface area (Å²) < 4.78 is 28.3. The van der Waals surface area contributed by atoms with Crippen molar-refractivity contribution in [3.05, 3.63) is 94.0 Å². The molecule has 36 heavy (non-hydrogen) atoms. The maximum atomic E-state index is 13.7. The van der Waals surface area contributed by atoms with Gasteiger partial charge in [-0.15, -0.1) is 0 Å². The Morgan fingerprint density at radius 3 is 2.17 bits per heavy atom. The zero-order chi connectivity index (χ0) is 26.5. The number of hydrogen-bond donors (Lipinski definition) is 1. The molecule has 7 nitrogen and oxygen atoms in total. The normalized spacial score (nSPS) is 12.0. The molecule has 3 aromatic rings. The maximum Gasteiger partial charge on any atom is 0.264 e. The summed E-state index contributed by atoms with van der Waals surface area (Å²) >= 11 is 12.2. The largest absolute Gasteiger partial charge is 0.357 e. The standard InChI is InChI=1S/C26H27Cl2N3O4S/c1-18-9-11-20(12-10-18)16-30(19(2)26(33)29-3)25(32)17-31(21-13-14-23(27)24(28)15-21)36(34,35)22-7-5-4-6-8-22/h4-15,19H,16-17H2,1-3H3,(H,29,33)/t19-/m1/s1. The predicted molar refractivity (Wildman–Crippen MR) is 143 cm³/mol.